The van der Waals surface area contributed by atoms with Crippen LogP contribution < -0.4 is 23.3 Å². The predicted molar refractivity (Wildman–Crippen MR) is 106 cm³/mol. The van der Waals surface area contributed by atoms with E-state index in [2.05, 4.69) is 19.9 Å². The van der Waals surface area contributed by atoms with Gasteiger partial charge in [-0.15, -0.1) is 0 Å². The fraction of sp³-hybridized carbons (Fsp3) is 0.111. The number of H-pyrrole nitrogens is 2. The summed E-state index contributed by atoms with van der Waals surface area (Å²) in [5, 5.41) is 1.28. The van der Waals surface area contributed by atoms with Crippen molar-refractivity contribution in [2.24, 2.45) is 0 Å². The van der Waals surface area contributed by atoms with Crippen LogP contribution in [0, 0.1) is 13.8 Å². The molecule has 0 fully saturated rings. The number of aromatic amines is 2. The van der Waals surface area contributed by atoms with Crippen molar-refractivity contribution in [3.05, 3.63) is 80.6 Å². The first kappa shape index (κ1) is 24.2. The van der Waals surface area contributed by atoms with Gasteiger partial charge in [0.05, 0.1) is 10.8 Å². The quantitative estimate of drug-likeness (QED) is 0.392. The molecule has 4 aromatic heterocycles. The van der Waals surface area contributed by atoms with Crippen LogP contribution in [0.1, 0.15) is 11.4 Å². The number of aryl methyl sites for hydroxylation is 2. The molecule has 0 bridgehead atoms. The van der Waals surface area contributed by atoms with Crippen LogP contribution in [-0.2, 0) is 13.4 Å². The van der Waals surface area contributed by atoms with Crippen LogP contribution in [0.5, 0.6) is 0 Å². The summed E-state index contributed by atoms with van der Waals surface area (Å²) in [4.78, 5) is 36.7. The van der Waals surface area contributed by atoms with Gasteiger partial charge in [0.15, 0.2) is 10.9 Å². The van der Waals surface area contributed by atoms with E-state index < -0.39 is 0 Å². The van der Waals surface area contributed by atoms with E-state index in [-0.39, 0.29) is 36.6 Å². The Balaban J connectivity index is 0.000000239. The average Bonchev–Trinajstić information content (AvgIpc) is 2.63. The summed E-state index contributed by atoms with van der Waals surface area (Å²) in [6.07, 6.45) is 3.22. The van der Waals surface area contributed by atoms with Crippen molar-refractivity contribution >= 4 is 42.2 Å². The molecule has 4 aromatic rings. The van der Waals surface area contributed by atoms with Crippen LogP contribution in [0.4, 0.5) is 0 Å². The molecular formula is C18H16Cl3CrN4O2. The van der Waals surface area contributed by atoms with Gasteiger partial charge in [-0.1, -0.05) is 0 Å². The zero-order chi connectivity index (χ0) is 19.8. The Labute approximate surface area is 181 Å². The number of hydrogen-bond donors (Lipinski definition) is 2. The van der Waals surface area contributed by atoms with Crippen molar-refractivity contribution in [2.75, 3.05) is 0 Å². The third-order valence-electron chi connectivity index (χ3n) is 3.51. The number of aromatic nitrogens is 4. The van der Waals surface area contributed by atoms with Gasteiger partial charge in [-0.25, -0.2) is 9.97 Å². The number of rotatable bonds is 0. The fourth-order valence-corrected chi connectivity index (χ4v) is 2.30. The molecule has 0 radical (unpaired) electrons. The average molecular weight is 479 g/mol. The van der Waals surface area contributed by atoms with Gasteiger partial charge >= 0.3 is 33.5 Å². The molecule has 10 heteroatoms. The van der Waals surface area contributed by atoms with Crippen LogP contribution in [0.3, 0.4) is 0 Å². The van der Waals surface area contributed by atoms with Gasteiger partial charge in [-0.3, -0.25) is 9.59 Å². The van der Waals surface area contributed by atoms with E-state index in [9.17, 15) is 9.59 Å². The van der Waals surface area contributed by atoms with Crippen LogP contribution in [0.2, 0.25) is 0 Å². The van der Waals surface area contributed by atoms with E-state index in [0.29, 0.717) is 22.1 Å². The summed E-state index contributed by atoms with van der Waals surface area (Å²) >= 11 is -0.181. The molecule has 4 rings (SSSR count). The molecule has 0 aliphatic rings. The third kappa shape index (κ3) is 6.62. The Morgan fingerprint density at radius 2 is 1.11 bits per heavy atom. The van der Waals surface area contributed by atoms with Crippen molar-refractivity contribution in [3.8, 4) is 0 Å². The van der Waals surface area contributed by atoms with Gasteiger partial charge in [0.1, 0.15) is 11.3 Å². The first-order valence-electron chi connectivity index (χ1n) is 7.75. The van der Waals surface area contributed by atoms with E-state index in [1.54, 1.807) is 24.5 Å². The van der Waals surface area contributed by atoms with E-state index >= 15 is 0 Å². The summed E-state index contributed by atoms with van der Waals surface area (Å²) in [5.41, 5.74) is 3.14. The van der Waals surface area contributed by atoms with E-state index in [1.807, 2.05) is 26.0 Å². The second-order valence-electron chi connectivity index (χ2n) is 5.44. The van der Waals surface area contributed by atoms with E-state index in [0.717, 1.165) is 11.4 Å². The van der Waals surface area contributed by atoms with Crippen molar-refractivity contribution in [1.82, 2.24) is 19.9 Å². The Bertz CT molecular complexity index is 1070. The second-order valence-corrected chi connectivity index (χ2v) is 7.55. The molecule has 0 saturated heterocycles. The number of fused-ring (bicyclic) bond motifs is 2. The first-order valence-corrected chi connectivity index (χ1v) is 11.3. The minimum absolute atomic E-state index is 0. The maximum absolute atomic E-state index is 11.2. The van der Waals surface area contributed by atoms with Gasteiger partial charge in [-0.05, 0) is 38.1 Å². The number of nitrogens with zero attached hydrogens (tertiary/aromatic N) is 2. The molecule has 0 amide bonds. The van der Waals surface area contributed by atoms with Crippen LogP contribution in [0.25, 0.3) is 22.1 Å². The standard InChI is InChI=1S/2C9H8N2O.3ClH.Cr/c2*1-6-2-3-7-8(12)4-5-10-9(7)11-6;;;;/h2*2-5H,1H3,(H,10,11,12);3*1H;/q;;;;;+3/p-3. The summed E-state index contributed by atoms with van der Waals surface area (Å²) in [6, 6.07) is 10.2. The number of pyridine rings is 4. The zero-order valence-corrected chi connectivity index (χ0v) is 18.4. The molecule has 2 N–H and O–H groups in total. The molecule has 147 valence electrons. The van der Waals surface area contributed by atoms with E-state index in [4.69, 9.17) is 20.1 Å². The fourth-order valence-electron chi connectivity index (χ4n) is 2.30. The van der Waals surface area contributed by atoms with Crippen LogP contribution >= 0.6 is 20.1 Å². The Morgan fingerprint density at radius 1 is 0.750 bits per heavy atom. The molecule has 4 heterocycles. The van der Waals surface area contributed by atoms with Crippen molar-refractivity contribution < 1.29 is 25.8 Å². The molecule has 0 unspecified atom stereocenters. The zero-order valence-electron chi connectivity index (χ0n) is 14.9. The van der Waals surface area contributed by atoms with Crippen molar-refractivity contribution in [1.29, 1.82) is 0 Å². The maximum atomic E-state index is 11.2. The van der Waals surface area contributed by atoms with Gasteiger partial charge < -0.3 is 22.4 Å². The normalized spacial score (nSPS) is 9.43. The predicted octanol–water partition coefficient (Wildman–Crippen LogP) is 0.844. The van der Waals surface area contributed by atoms with Crippen molar-refractivity contribution in [2.45, 2.75) is 13.8 Å². The van der Waals surface area contributed by atoms with Crippen LogP contribution in [0.15, 0.2) is 58.4 Å². The second kappa shape index (κ2) is 11.9. The molecule has 6 nitrogen and oxygen atoms in total. The minimum atomic E-state index is -0.181. The molecule has 0 aromatic carbocycles. The van der Waals surface area contributed by atoms with Crippen molar-refractivity contribution in [3.63, 3.8) is 0 Å². The van der Waals surface area contributed by atoms with Gasteiger partial charge in [0.2, 0.25) is 0 Å². The first-order chi connectivity index (χ1) is 13.0. The third-order valence-corrected chi connectivity index (χ3v) is 3.51. The summed E-state index contributed by atoms with van der Waals surface area (Å²) in [5.74, 6) is 0. The Morgan fingerprint density at radius 3 is 1.46 bits per heavy atom. The molecule has 0 aliphatic heterocycles. The molecule has 0 spiro atoms. The molecule has 0 atom stereocenters. The Kier molecular flexibility index (Phi) is 10.2. The summed E-state index contributed by atoms with van der Waals surface area (Å²) in [7, 11) is 9.65. The van der Waals surface area contributed by atoms with E-state index in [1.165, 1.54) is 12.1 Å². The molecular weight excluding hydrogens is 463 g/mol. The Hall–Kier alpha value is -1.88. The van der Waals surface area contributed by atoms with Crippen LogP contribution in [-0.4, -0.2) is 19.9 Å². The summed E-state index contributed by atoms with van der Waals surface area (Å²) < 4.78 is 0. The van der Waals surface area contributed by atoms with Gasteiger partial charge in [0, 0.05) is 35.9 Å². The van der Waals surface area contributed by atoms with Gasteiger partial charge in [0.25, 0.3) is 0 Å². The number of hydrogen-bond acceptors (Lipinski definition) is 4. The molecule has 0 saturated carbocycles. The SMILES string of the molecule is Cc1ccc2c(=O)cc[nH]c2n1.Cc1ccc2c(=O)cc[nH]c2n1.[Cl-].[Cl][Cr+][Cl]. The summed E-state index contributed by atoms with van der Waals surface area (Å²) in [6.45, 7) is 3.79. The monoisotopic (exact) mass is 477 g/mol. The molecule has 28 heavy (non-hydrogen) atoms. The molecule has 0 aliphatic carbocycles. The number of halogens is 3. The topological polar surface area (TPSA) is 91.5 Å². The van der Waals surface area contributed by atoms with Gasteiger partial charge in [-0.2, -0.15) is 0 Å². The number of nitrogens with one attached hydrogen (secondary N) is 2.